The van der Waals surface area contributed by atoms with Gasteiger partial charge in [0.05, 0.1) is 5.69 Å². The molecule has 0 N–H and O–H groups in total. The molecule has 3 nitrogen and oxygen atoms in total. The highest BCUT2D eigenvalue weighted by atomic mass is 35.5. The fourth-order valence-corrected chi connectivity index (χ4v) is 3.07. The molecule has 0 amide bonds. The van der Waals surface area contributed by atoms with Crippen molar-refractivity contribution in [3.05, 3.63) is 27.4 Å². The molecule has 0 unspecified atom stereocenters. The number of aromatic nitrogens is 2. The van der Waals surface area contributed by atoms with Crippen LogP contribution in [0, 0.1) is 0 Å². The van der Waals surface area contributed by atoms with Crippen LogP contribution in [0.5, 0.6) is 0 Å². The van der Waals surface area contributed by atoms with E-state index in [0.717, 1.165) is 55.7 Å². The van der Waals surface area contributed by atoms with Gasteiger partial charge in [-0.3, -0.25) is 9.36 Å². The molecule has 1 aromatic rings. The van der Waals surface area contributed by atoms with Gasteiger partial charge in [0.25, 0.3) is 5.56 Å². The SMILES string of the molecule is Cl.O=c1c2c(nc3n1CCCCC3)CCCCC2. The molecule has 2 aliphatic rings. The molecule has 0 aromatic carbocycles. The van der Waals surface area contributed by atoms with E-state index in [0.29, 0.717) is 0 Å². The van der Waals surface area contributed by atoms with Gasteiger partial charge in [0.1, 0.15) is 5.82 Å². The number of aryl methyl sites for hydroxylation is 2. The predicted octanol–water partition coefficient (Wildman–Crippen LogP) is 2.66. The third-order valence-electron chi connectivity index (χ3n) is 4.05. The van der Waals surface area contributed by atoms with E-state index in [1.807, 2.05) is 4.57 Å². The molecule has 0 saturated carbocycles. The number of hydrogen-bond acceptors (Lipinski definition) is 2. The first kappa shape index (κ1) is 13.6. The smallest absolute Gasteiger partial charge is 0.256 e. The molecule has 100 valence electrons. The standard InChI is InChI=1S/C14H20N2O.ClH/c17-14-11-7-3-1-4-8-12(11)15-13-9-5-2-6-10-16(13)14;/h1-10H2;1H. The van der Waals surface area contributed by atoms with Crippen LogP contribution in [0.1, 0.15) is 55.6 Å². The van der Waals surface area contributed by atoms with E-state index in [1.54, 1.807) is 0 Å². The van der Waals surface area contributed by atoms with Crippen LogP contribution in [-0.4, -0.2) is 9.55 Å². The summed E-state index contributed by atoms with van der Waals surface area (Å²) in [6.07, 6.45) is 10.1. The lowest BCUT2D eigenvalue weighted by Crippen LogP contribution is -2.29. The minimum Gasteiger partial charge on any atom is -0.296 e. The second kappa shape index (κ2) is 5.87. The van der Waals surface area contributed by atoms with E-state index >= 15 is 0 Å². The molecule has 4 heteroatoms. The molecule has 0 radical (unpaired) electrons. The molecule has 1 aliphatic carbocycles. The zero-order chi connectivity index (χ0) is 11.7. The maximum Gasteiger partial charge on any atom is 0.256 e. The third kappa shape index (κ3) is 2.46. The van der Waals surface area contributed by atoms with Gasteiger partial charge in [-0.1, -0.05) is 12.8 Å². The number of hydrogen-bond donors (Lipinski definition) is 0. The molecule has 0 spiro atoms. The molecule has 0 atom stereocenters. The average Bonchev–Trinajstić information content (AvgIpc) is 2.69. The van der Waals surface area contributed by atoms with Crippen LogP contribution in [-0.2, 0) is 25.8 Å². The van der Waals surface area contributed by atoms with E-state index in [-0.39, 0.29) is 18.0 Å². The summed E-state index contributed by atoms with van der Waals surface area (Å²) in [5.41, 5.74) is 2.41. The molecule has 1 aliphatic heterocycles. The molecule has 0 bridgehead atoms. The zero-order valence-corrected chi connectivity index (χ0v) is 11.6. The molecule has 1 aromatic heterocycles. The van der Waals surface area contributed by atoms with Crippen molar-refractivity contribution in [1.82, 2.24) is 9.55 Å². The maximum atomic E-state index is 12.5. The number of halogens is 1. The van der Waals surface area contributed by atoms with Gasteiger partial charge in [-0.05, 0) is 38.5 Å². The summed E-state index contributed by atoms with van der Waals surface area (Å²) in [6.45, 7) is 0.883. The summed E-state index contributed by atoms with van der Waals surface area (Å²) < 4.78 is 1.96. The molecular formula is C14H21ClN2O. The summed E-state index contributed by atoms with van der Waals surface area (Å²) in [7, 11) is 0. The van der Waals surface area contributed by atoms with Gasteiger partial charge >= 0.3 is 0 Å². The van der Waals surface area contributed by atoms with Crippen molar-refractivity contribution < 1.29 is 0 Å². The van der Waals surface area contributed by atoms with Gasteiger partial charge in [0, 0.05) is 18.5 Å². The Morgan fingerprint density at radius 2 is 1.61 bits per heavy atom. The van der Waals surface area contributed by atoms with Crippen molar-refractivity contribution >= 4 is 12.4 Å². The highest BCUT2D eigenvalue weighted by molar-refractivity contribution is 5.85. The number of fused-ring (bicyclic) bond motifs is 2. The summed E-state index contributed by atoms with van der Waals surface area (Å²) in [4.78, 5) is 17.3. The summed E-state index contributed by atoms with van der Waals surface area (Å²) in [5, 5.41) is 0. The van der Waals surface area contributed by atoms with E-state index in [2.05, 4.69) is 0 Å². The average molecular weight is 269 g/mol. The third-order valence-corrected chi connectivity index (χ3v) is 4.05. The molecule has 0 fully saturated rings. The Kier molecular flexibility index (Phi) is 4.44. The summed E-state index contributed by atoms with van der Waals surface area (Å²) >= 11 is 0. The van der Waals surface area contributed by atoms with E-state index < -0.39 is 0 Å². The van der Waals surface area contributed by atoms with Crippen molar-refractivity contribution in [1.29, 1.82) is 0 Å². The van der Waals surface area contributed by atoms with Gasteiger partial charge < -0.3 is 0 Å². The predicted molar refractivity (Wildman–Crippen MR) is 74.6 cm³/mol. The molecule has 0 saturated heterocycles. The largest absolute Gasteiger partial charge is 0.296 e. The molecular weight excluding hydrogens is 248 g/mol. The maximum absolute atomic E-state index is 12.5. The van der Waals surface area contributed by atoms with Crippen LogP contribution in [0.2, 0.25) is 0 Å². The van der Waals surface area contributed by atoms with Crippen molar-refractivity contribution in [2.45, 2.75) is 64.3 Å². The summed E-state index contributed by atoms with van der Waals surface area (Å²) in [5.74, 6) is 1.05. The van der Waals surface area contributed by atoms with Crippen LogP contribution < -0.4 is 5.56 Å². The van der Waals surface area contributed by atoms with E-state index in [1.165, 1.54) is 25.7 Å². The Bertz CT molecular complexity index is 442. The fourth-order valence-electron chi connectivity index (χ4n) is 3.07. The van der Waals surface area contributed by atoms with Crippen molar-refractivity contribution in [2.24, 2.45) is 0 Å². The van der Waals surface area contributed by atoms with Crippen LogP contribution in [0.3, 0.4) is 0 Å². The number of nitrogens with zero attached hydrogens (tertiary/aromatic N) is 2. The van der Waals surface area contributed by atoms with Crippen LogP contribution in [0.25, 0.3) is 0 Å². The van der Waals surface area contributed by atoms with Crippen molar-refractivity contribution in [3.63, 3.8) is 0 Å². The Hall–Kier alpha value is -0.830. The van der Waals surface area contributed by atoms with Crippen molar-refractivity contribution in [2.75, 3.05) is 0 Å². The Labute approximate surface area is 114 Å². The van der Waals surface area contributed by atoms with Crippen LogP contribution >= 0.6 is 12.4 Å². The van der Waals surface area contributed by atoms with Crippen molar-refractivity contribution in [3.8, 4) is 0 Å². The lowest BCUT2D eigenvalue weighted by Gasteiger charge is -2.13. The number of rotatable bonds is 0. The first-order valence-electron chi connectivity index (χ1n) is 6.98. The van der Waals surface area contributed by atoms with Gasteiger partial charge in [-0.15, -0.1) is 12.4 Å². The highest BCUT2D eigenvalue weighted by Gasteiger charge is 2.19. The normalized spacial score (nSPS) is 18.9. The first-order chi connectivity index (χ1) is 8.36. The Morgan fingerprint density at radius 3 is 2.50 bits per heavy atom. The summed E-state index contributed by atoms with van der Waals surface area (Å²) in [6, 6.07) is 0. The Morgan fingerprint density at radius 1 is 0.889 bits per heavy atom. The van der Waals surface area contributed by atoms with E-state index in [9.17, 15) is 4.79 Å². The van der Waals surface area contributed by atoms with Gasteiger partial charge in [0.15, 0.2) is 0 Å². The molecule has 18 heavy (non-hydrogen) atoms. The minimum atomic E-state index is 0. The first-order valence-corrected chi connectivity index (χ1v) is 6.98. The molecule has 2 heterocycles. The lowest BCUT2D eigenvalue weighted by atomic mass is 10.1. The van der Waals surface area contributed by atoms with Gasteiger partial charge in [-0.2, -0.15) is 0 Å². The van der Waals surface area contributed by atoms with Gasteiger partial charge in [0.2, 0.25) is 0 Å². The van der Waals surface area contributed by atoms with Crippen LogP contribution in [0.15, 0.2) is 4.79 Å². The topological polar surface area (TPSA) is 34.9 Å². The monoisotopic (exact) mass is 268 g/mol. The van der Waals surface area contributed by atoms with Gasteiger partial charge in [-0.25, -0.2) is 4.98 Å². The zero-order valence-electron chi connectivity index (χ0n) is 10.8. The second-order valence-corrected chi connectivity index (χ2v) is 5.28. The molecule has 3 rings (SSSR count). The minimum absolute atomic E-state index is 0. The van der Waals surface area contributed by atoms with Crippen LogP contribution in [0.4, 0.5) is 0 Å². The fraction of sp³-hybridized carbons (Fsp3) is 0.714. The Balaban J connectivity index is 0.00000120. The second-order valence-electron chi connectivity index (χ2n) is 5.28. The highest BCUT2D eigenvalue weighted by Crippen LogP contribution is 2.18. The van der Waals surface area contributed by atoms with E-state index in [4.69, 9.17) is 4.98 Å². The lowest BCUT2D eigenvalue weighted by molar-refractivity contribution is 0.598. The quantitative estimate of drug-likeness (QED) is 0.678.